The van der Waals surface area contributed by atoms with Crippen molar-refractivity contribution in [2.24, 2.45) is 0 Å². The first-order chi connectivity index (χ1) is 11.6. The number of benzene rings is 3. The molecule has 1 heteroatoms. The molecule has 0 N–H and O–H groups in total. The van der Waals surface area contributed by atoms with Crippen molar-refractivity contribution in [3.63, 3.8) is 0 Å². The summed E-state index contributed by atoms with van der Waals surface area (Å²) in [5.41, 5.74) is 0. The SMILES string of the molecule is CCC(C)(C)S(c1ccccc1)(c1ccccc1)c1ccccc1. The molecule has 0 aliphatic rings. The molecule has 0 saturated carbocycles. The molecule has 3 rings (SSSR count). The van der Waals surface area contributed by atoms with Crippen molar-refractivity contribution in [3.05, 3.63) is 91.0 Å². The molecule has 0 aliphatic heterocycles. The Morgan fingerprint density at radius 2 is 0.875 bits per heavy atom. The summed E-state index contributed by atoms with van der Waals surface area (Å²) in [7, 11) is -1.36. The predicted octanol–water partition coefficient (Wildman–Crippen LogP) is 7.16. The molecule has 0 fully saturated rings. The van der Waals surface area contributed by atoms with Gasteiger partial charge in [-0.25, -0.2) is 0 Å². The van der Waals surface area contributed by atoms with Crippen LogP contribution >= 0.6 is 10.0 Å². The van der Waals surface area contributed by atoms with Crippen molar-refractivity contribution in [2.45, 2.75) is 46.6 Å². The fourth-order valence-electron chi connectivity index (χ4n) is 3.46. The lowest BCUT2D eigenvalue weighted by atomic mass is 10.1. The van der Waals surface area contributed by atoms with Gasteiger partial charge in [-0.1, -0.05) is 75.4 Å². The Morgan fingerprint density at radius 3 is 1.12 bits per heavy atom. The van der Waals surface area contributed by atoms with Gasteiger partial charge in [0.2, 0.25) is 0 Å². The summed E-state index contributed by atoms with van der Waals surface area (Å²) in [6.07, 6.45) is 1.13. The minimum atomic E-state index is -1.36. The maximum absolute atomic E-state index is 2.43. The molecular weight excluding hydrogens is 308 g/mol. The van der Waals surface area contributed by atoms with E-state index in [0.717, 1.165) is 6.42 Å². The van der Waals surface area contributed by atoms with Crippen LogP contribution in [0.5, 0.6) is 0 Å². The molecular formula is C23H26S. The number of rotatable bonds is 5. The Kier molecular flexibility index (Phi) is 4.82. The fraction of sp³-hybridized carbons (Fsp3) is 0.217. The Balaban J connectivity index is 2.42. The van der Waals surface area contributed by atoms with Gasteiger partial charge in [-0.15, -0.1) is 0 Å². The minimum absolute atomic E-state index is 0.150. The van der Waals surface area contributed by atoms with E-state index < -0.39 is 10.0 Å². The van der Waals surface area contributed by atoms with Gasteiger partial charge in [-0.05, 0) is 57.5 Å². The van der Waals surface area contributed by atoms with Crippen molar-refractivity contribution in [2.75, 3.05) is 0 Å². The van der Waals surface area contributed by atoms with Crippen LogP contribution in [0.15, 0.2) is 106 Å². The van der Waals surface area contributed by atoms with Gasteiger partial charge in [0.25, 0.3) is 0 Å². The van der Waals surface area contributed by atoms with Crippen molar-refractivity contribution >= 4 is 10.0 Å². The summed E-state index contributed by atoms with van der Waals surface area (Å²) in [6.45, 7) is 7.17. The van der Waals surface area contributed by atoms with Gasteiger partial charge < -0.3 is 0 Å². The first kappa shape index (κ1) is 16.9. The molecule has 3 aromatic carbocycles. The molecule has 3 aromatic rings. The van der Waals surface area contributed by atoms with E-state index in [1.165, 1.54) is 14.7 Å². The van der Waals surface area contributed by atoms with Gasteiger partial charge in [0.1, 0.15) is 0 Å². The third kappa shape index (κ3) is 2.67. The smallest absolute Gasteiger partial charge is 0.00607 e. The van der Waals surface area contributed by atoms with E-state index in [-0.39, 0.29) is 4.75 Å². The van der Waals surface area contributed by atoms with E-state index in [1.54, 1.807) is 0 Å². The monoisotopic (exact) mass is 334 g/mol. The molecule has 0 amide bonds. The quantitative estimate of drug-likeness (QED) is 0.464. The van der Waals surface area contributed by atoms with Crippen molar-refractivity contribution in [1.29, 1.82) is 0 Å². The molecule has 0 bridgehead atoms. The lowest BCUT2D eigenvalue weighted by Gasteiger charge is -2.53. The molecule has 24 heavy (non-hydrogen) atoms. The largest absolute Gasteiger partial charge is 0.155 e. The number of hydrogen-bond donors (Lipinski definition) is 0. The third-order valence-electron chi connectivity index (χ3n) is 4.97. The normalized spacial score (nSPS) is 12.8. The standard InChI is InChI=1S/C23H26S/c1-4-23(2,3)24(20-14-8-5-9-15-20,21-16-10-6-11-17-21)22-18-12-7-13-19-22/h5-19H,4H2,1-3H3. The lowest BCUT2D eigenvalue weighted by molar-refractivity contribution is 0.666. The molecule has 124 valence electrons. The summed E-state index contributed by atoms with van der Waals surface area (Å²) in [5.74, 6) is 0. The van der Waals surface area contributed by atoms with E-state index in [0.29, 0.717) is 0 Å². The fourth-order valence-corrected chi connectivity index (χ4v) is 8.32. The van der Waals surface area contributed by atoms with Gasteiger partial charge in [-0.3, -0.25) is 0 Å². The third-order valence-corrected chi connectivity index (χ3v) is 9.85. The Labute approximate surface area is 147 Å². The van der Waals surface area contributed by atoms with E-state index >= 15 is 0 Å². The zero-order valence-electron chi connectivity index (χ0n) is 14.8. The van der Waals surface area contributed by atoms with Crippen LogP contribution < -0.4 is 0 Å². The Morgan fingerprint density at radius 1 is 0.583 bits per heavy atom. The maximum Gasteiger partial charge on any atom is 0.00607 e. The Bertz CT molecular complexity index is 664. The molecule has 0 spiro atoms. The molecule has 0 unspecified atom stereocenters. The van der Waals surface area contributed by atoms with Crippen molar-refractivity contribution in [3.8, 4) is 0 Å². The minimum Gasteiger partial charge on any atom is -0.155 e. The van der Waals surface area contributed by atoms with Gasteiger partial charge in [0.15, 0.2) is 0 Å². The van der Waals surface area contributed by atoms with Crippen LogP contribution in [0.4, 0.5) is 0 Å². The predicted molar refractivity (Wildman–Crippen MR) is 106 cm³/mol. The van der Waals surface area contributed by atoms with Crippen LogP contribution in [-0.2, 0) is 0 Å². The summed E-state index contributed by atoms with van der Waals surface area (Å²) >= 11 is 0. The van der Waals surface area contributed by atoms with Crippen LogP contribution in [0.2, 0.25) is 0 Å². The second kappa shape index (κ2) is 6.86. The highest BCUT2D eigenvalue weighted by atomic mass is 32.3. The zero-order valence-corrected chi connectivity index (χ0v) is 15.6. The highest BCUT2D eigenvalue weighted by molar-refractivity contribution is 8.34. The summed E-state index contributed by atoms with van der Waals surface area (Å²) in [5, 5.41) is 0. The molecule has 0 heterocycles. The van der Waals surface area contributed by atoms with E-state index in [2.05, 4.69) is 112 Å². The van der Waals surface area contributed by atoms with Crippen molar-refractivity contribution in [1.82, 2.24) is 0 Å². The summed E-state index contributed by atoms with van der Waals surface area (Å²) < 4.78 is 0.150. The first-order valence-electron chi connectivity index (χ1n) is 8.61. The average Bonchev–Trinajstić information content (AvgIpc) is 2.65. The van der Waals surface area contributed by atoms with Gasteiger partial charge >= 0.3 is 0 Å². The van der Waals surface area contributed by atoms with Crippen LogP contribution in [0.3, 0.4) is 0 Å². The second-order valence-corrected chi connectivity index (χ2v) is 10.4. The average molecular weight is 335 g/mol. The maximum atomic E-state index is 2.43. The molecule has 0 saturated heterocycles. The molecule has 0 radical (unpaired) electrons. The van der Waals surface area contributed by atoms with Crippen LogP contribution in [0.25, 0.3) is 0 Å². The molecule has 0 aliphatic carbocycles. The van der Waals surface area contributed by atoms with Gasteiger partial charge in [0, 0.05) is 4.75 Å². The first-order valence-corrected chi connectivity index (χ1v) is 10.2. The summed E-state index contributed by atoms with van der Waals surface area (Å²) in [4.78, 5) is 4.32. The highest BCUT2D eigenvalue weighted by Gasteiger charge is 2.43. The van der Waals surface area contributed by atoms with E-state index in [4.69, 9.17) is 0 Å². The Hall–Kier alpha value is -1.99. The van der Waals surface area contributed by atoms with Gasteiger partial charge in [-0.2, -0.15) is 10.0 Å². The van der Waals surface area contributed by atoms with Crippen LogP contribution in [-0.4, -0.2) is 4.75 Å². The van der Waals surface area contributed by atoms with E-state index in [9.17, 15) is 0 Å². The van der Waals surface area contributed by atoms with Crippen LogP contribution in [0, 0.1) is 0 Å². The lowest BCUT2D eigenvalue weighted by Crippen LogP contribution is -2.29. The molecule has 0 atom stereocenters. The molecule has 0 aromatic heterocycles. The summed E-state index contributed by atoms with van der Waals surface area (Å²) in [6, 6.07) is 33.3. The zero-order chi connectivity index (χ0) is 17.0. The molecule has 0 nitrogen and oxygen atoms in total. The second-order valence-electron chi connectivity index (χ2n) is 6.66. The van der Waals surface area contributed by atoms with Crippen LogP contribution in [0.1, 0.15) is 27.2 Å². The number of hydrogen-bond acceptors (Lipinski definition) is 0. The van der Waals surface area contributed by atoms with E-state index in [1.807, 2.05) is 0 Å². The van der Waals surface area contributed by atoms with Gasteiger partial charge in [0.05, 0.1) is 0 Å². The highest BCUT2D eigenvalue weighted by Crippen LogP contribution is 2.76. The topological polar surface area (TPSA) is 0 Å². The van der Waals surface area contributed by atoms with Crippen molar-refractivity contribution < 1.29 is 0 Å².